The minimum atomic E-state index is -0.824. The largest absolute Gasteiger partial charge is 0.496 e. The Balaban J connectivity index is 1.65. The number of carbonyl (C=O) groups excluding carboxylic acids is 1. The molecule has 0 radical (unpaired) electrons. The SMILES string of the molecule is COCCOC(Cn1c(=O)n(CCN2CCCCC2=O)c(=O)c2c(C)c(-n3nccn3)sc21)c1cc(F)ccc1OC. The van der Waals surface area contributed by atoms with E-state index in [9.17, 15) is 18.8 Å². The molecule has 1 saturated heterocycles. The van der Waals surface area contributed by atoms with E-state index < -0.39 is 23.2 Å². The van der Waals surface area contributed by atoms with E-state index >= 15 is 0 Å². The third kappa shape index (κ3) is 5.87. The number of hydrogen-bond acceptors (Lipinski definition) is 9. The number of piperidine rings is 1. The van der Waals surface area contributed by atoms with Crippen molar-refractivity contribution in [3.63, 3.8) is 0 Å². The second-order valence-electron chi connectivity index (χ2n) is 9.96. The van der Waals surface area contributed by atoms with Crippen LogP contribution in [0.2, 0.25) is 0 Å². The fraction of sp³-hybridized carbons (Fsp3) is 0.464. The molecule has 3 aromatic heterocycles. The van der Waals surface area contributed by atoms with Crippen molar-refractivity contribution in [3.8, 4) is 10.8 Å². The molecule has 0 bridgehead atoms. The number of fused-ring (bicyclic) bond motifs is 1. The van der Waals surface area contributed by atoms with Gasteiger partial charge in [-0.2, -0.15) is 10.2 Å². The molecule has 0 spiro atoms. The van der Waals surface area contributed by atoms with Gasteiger partial charge in [-0.1, -0.05) is 11.3 Å². The van der Waals surface area contributed by atoms with E-state index in [-0.39, 0.29) is 38.8 Å². The molecular weight excluding hydrogens is 567 g/mol. The molecule has 5 rings (SSSR count). The zero-order valence-electron chi connectivity index (χ0n) is 23.7. The zero-order chi connectivity index (χ0) is 29.8. The molecule has 1 aromatic carbocycles. The Kier molecular flexibility index (Phi) is 9.14. The summed E-state index contributed by atoms with van der Waals surface area (Å²) in [6, 6.07) is 4.10. The van der Waals surface area contributed by atoms with Crippen molar-refractivity contribution in [2.75, 3.05) is 40.5 Å². The average Bonchev–Trinajstić information content (AvgIpc) is 3.63. The summed E-state index contributed by atoms with van der Waals surface area (Å²) in [5, 5.41) is 9.38. The molecule has 1 aliphatic heterocycles. The lowest BCUT2D eigenvalue weighted by atomic mass is 10.1. The number of benzene rings is 1. The number of aryl methyl sites for hydroxylation is 1. The van der Waals surface area contributed by atoms with Gasteiger partial charge in [0.15, 0.2) is 0 Å². The number of amides is 1. The van der Waals surface area contributed by atoms with E-state index in [0.29, 0.717) is 45.1 Å². The Morgan fingerprint density at radius 1 is 1.05 bits per heavy atom. The van der Waals surface area contributed by atoms with Gasteiger partial charge in [-0.3, -0.25) is 18.7 Å². The van der Waals surface area contributed by atoms with Crippen molar-refractivity contribution >= 4 is 27.5 Å². The van der Waals surface area contributed by atoms with Crippen molar-refractivity contribution in [2.24, 2.45) is 0 Å². The van der Waals surface area contributed by atoms with E-state index in [1.54, 1.807) is 11.8 Å². The maximum Gasteiger partial charge on any atom is 0.332 e. The highest BCUT2D eigenvalue weighted by atomic mass is 32.1. The number of nitrogens with zero attached hydrogens (tertiary/aromatic N) is 6. The molecule has 1 amide bonds. The second kappa shape index (κ2) is 13.0. The van der Waals surface area contributed by atoms with Gasteiger partial charge >= 0.3 is 5.69 Å². The van der Waals surface area contributed by atoms with E-state index in [2.05, 4.69) is 10.2 Å². The van der Waals surface area contributed by atoms with Crippen molar-refractivity contribution < 1.29 is 23.4 Å². The third-order valence-corrected chi connectivity index (χ3v) is 8.66. The number of likely N-dealkylation sites (tertiary alicyclic amines) is 1. The van der Waals surface area contributed by atoms with E-state index in [0.717, 1.165) is 12.8 Å². The lowest BCUT2D eigenvalue weighted by Gasteiger charge is -2.27. The summed E-state index contributed by atoms with van der Waals surface area (Å²) in [5.41, 5.74) is 0.0115. The molecule has 4 heterocycles. The second-order valence-corrected chi connectivity index (χ2v) is 10.9. The first-order chi connectivity index (χ1) is 20.3. The zero-order valence-corrected chi connectivity index (χ0v) is 24.6. The number of aromatic nitrogens is 5. The van der Waals surface area contributed by atoms with Crippen LogP contribution in [-0.4, -0.2) is 75.5 Å². The van der Waals surface area contributed by atoms with Gasteiger partial charge in [0.05, 0.1) is 44.6 Å². The summed E-state index contributed by atoms with van der Waals surface area (Å²) < 4.78 is 33.9. The minimum absolute atomic E-state index is 0.0132. The third-order valence-electron chi connectivity index (χ3n) is 7.38. The standard InChI is InChI=1S/C28H33FN6O6S/c1-18-24-25(37)33(13-12-32-11-5-4-6-23(32)36)28(38)34(27(24)42-26(18)35-30-9-10-31-35)17-22(41-15-14-39-2)20-16-19(29)7-8-21(20)40-3/h7-10,16,22H,4-6,11-15,17H2,1-3H3. The van der Waals surface area contributed by atoms with Crippen molar-refractivity contribution in [2.45, 2.75) is 45.4 Å². The highest BCUT2D eigenvalue weighted by Gasteiger charge is 2.26. The monoisotopic (exact) mass is 600 g/mol. The lowest BCUT2D eigenvalue weighted by molar-refractivity contribution is -0.133. The molecule has 1 atom stereocenters. The number of hydrogen-bond donors (Lipinski definition) is 0. The molecule has 1 unspecified atom stereocenters. The first-order valence-electron chi connectivity index (χ1n) is 13.7. The first-order valence-corrected chi connectivity index (χ1v) is 14.5. The molecule has 0 saturated carbocycles. The quantitative estimate of drug-likeness (QED) is 0.228. The fourth-order valence-corrected chi connectivity index (χ4v) is 6.43. The predicted octanol–water partition coefficient (Wildman–Crippen LogP) is 2.68. The number of ether oxygens (including phenoxy) is 3. The molecule has 1 fully saturated rings. The van der Waals surface area contributed by atoms with Gasteiger partial charge < -0.3 is 19.1 Å². The average molecular weight is 601 g/mol. The van der Waals surface area contributed by atoms with Gasteiger partial charge in [0.25, 0.3) is 5.56 Å². The maximum absolute atomic E-state index is 14.4. The van der Waals surface area contributed by atoms with Crippen molar-refractivity contribution in [1.82, 2.24) is 29.0 Å². The summed E-state index contributed by atoms with van der Waals surface area (Å²) in [6.45, 7) is 3.04. The van der Waals surface area contributed by atoms with Gasteiger partial charge in [0.2, 0.25) is 5.91 Å². The van der Waals surface area contributed by atoms with E-state index in [1.807, 2.05) is 0 Å². The topological polar surface area (TPSA) is 123 Å². The summed E-state index contributed by atoms with van der Waals surface area (Å²) in [4.78, 5) is 43.9. The van der Waals surface area contributed by atoms with Crippen LogP contribution in [0, 0.1) is 12.7 Å². The molecule has 14 heteroatoms. The number of thiophene rings is 1. The first kappa shape index (κ1) is 29.6. The smallest absolute Gasteiger partial charge is 0.332 e. The Morgan fingerprint density at radius 2 is 1.83 bits per heavy atom. The maximum atomic E-state index is 14.4. The van der Waals surface area contributed by atoms with Crippen LogP contribution in [0.3, 0.4) is 0 Å². The Morgan fingerprint density at radius 3 is 2.55 bits per heavy atom. The Bertz CT molecular complexity index is 1680. The summed E-state index contributed by atoms with van der Waals surface area (Å²) in [5.74, 6) is -0.0816. The normalized spacial score (nSPS) is 14.6. The summed E-state index contributed by atoms with van der Waals surface area (Å²) in [6.07, 6.45) is 4.40. The predicted molar refractivity (Wildman–Crippen MR) is 154 cm³/mol. The van der Waals surface area contributed by atoms with Gasteiger partial charge in [-0.05, 0) is 38.0 Å². The van der Waals surface area contributed by atoms with Crippen molar-refractivity contribution in [3.05, 3.63) is 68.4 Å². The number of rotatable bonds is 12. The van der Waals surface area contributed by atoms with Gasteiger partial charge in [-0.25, -0.2) is 9.18 Å². The number of halogens is 1. The number of carbonyl (C=O) groups is 1. The Hall–Kier alpha value is -3.88. The molecule has 1 aliphatic rings. The molecule has 4 aromatic rings. The van der Waals surface area contributed by atoms with Gasteiger partial charge in [0.1, 0.15) is 27.5 Å². The van der Waals surface area contributed by atoms with E-state index in [4.69, 9.17) is 14.2 Å². The van der Waals surface area contributed by atoms with Crippen LogP contribution < -0.4 is 16.0 Å². The van der Waals surface area contributed by atoms with Gasteiger partial charge in [-0.15, -0.1) is 4.80 Å². The molecule has 12 nitrogen and oxygen atoms in total. The molecule has 42 heavy (non-hydrogen) atoms. The van der Waals surface area contributed by atoms with Gasteiger partial charge in [0, 0.05) is 44.3 Å². The molecule has 0 aliphatic carbocycles. The molecule has 224 valence electrons. The van der Waals surface area contributed by atoms with Crippen LogP contribution in [0.25, 0.3) is 15.2 Å². The molecule has 0 N–H and O–H groups in total. The van der Waals surface area contributed by atoms with Crippen LogP contribution in [0.4, 0.5) is 4.39 Å². The van der Waals surface area contributed by atoms with Crippen LogP contribution in [-0.2, 0) is 27.4 Å². The summed E-state index contributed by atoms with van der Waals surface area (Å²) >= 11 is 1.21. The number of methoxy groups -OCH3 is 2. The van der Waals surface area contributed by atoms with Crippen LogP contribution in [0.15, 0.2) is 40.2 Å². The van der Waals surface area contributed by atoms with Crippen molar-refractivity contribution in [1.29, 1.82) is 0 Å². The van der Waals surface area contributed by atoms with Crippen LogP contribution in [0.5, 0.6) is 5.75 Å². The Labute approximate surface area is 244 Å². The summed E-state index contributed by atoms with van der Waals surface area (Å²) in [7, 11) is 3.01. The van der Waals surface area contributed by atoms with Crippen LogP contribution in [0.1, 0.15) is 36.5 Å². The lowest BCUT2D eigenvalue weighted by Crippen LogP contribution is -2.45. The fourth-order valence-electron chi connectivity index (χ4n) is 5.21. The minimum Gasteiger partial charge on any atom is -0.496 e. The van der Waals surface area contributed by atoms with E-state index in [1.165, 1.54) is 70.1 Å². The molecular formula is C28H33FN6O6S. The highest BCUT2D eigenvalue weighted by molar-refractivity contribution is 7.21. The van der Waals surface area contributed by atoms with Crippen LogP contribution >= 0.6 is 11.3 Å². The highest BCUT2D eigenvalue weighted by Crippen LogP contribution is 2.34.